The summed E-state index contributed by atoms with van der Waals surface area (Å²) < 4.78 is 56.9. The molecule has 38 heavy (non-hydrogen) atoms. The molecule has 0 amide bonds. The van der Waals surface area contributed by atoms with Crippen LogP contribution in [-0.4, -0.2) is 52.0 Å². The fourth-order valence-corrected chi connectivity index (χ4v) is 3.38. The third-order valence-corrected chi connectivity index (χ3v) is 5.73. The Morgan fingerprint density at radius 2 is 1.82 bits per heavy atom. The van der Waals surface area contributed by atoms with E-state index in [2.05, 4.69) is 52.7 Å². The maximum Gasteiger partial charge on any atom is 0.422 e. The Bertz CT molecular complexity index is 1120. The molecule has 2 aromatic rings. The van der Waals surface area contributed by atoms with Gasteiger partial charge in [0, 0.05) is 6.42 Å². The second-order valence-corrected chi connectivity index (χ2v) is 10.6. The Labute approximate surface area is 221 Å². The Morgan fingerprint density at radius 3 is 2.34 bits per heavy atom. The van der Waals surface area contributed by atoms with Gasteiger partial charge in [-0.05, 0) is 37.3 Å². The van der Waals surface area contributed by atoms with Crippen molar-refractivity contribution in [2.45, 2.75) is 77.4 Å². The van der Waals surface area contributed by atoms with Gasteiger partial charge < -0.3 is 9.84 Å². The monoisotopic (exact) mass is 539 g/mol. The molecule has 0 radical (unpaired) electrons. The van der Waals surface area contributed by atoms with Gasteiger partial charge in [0.2, 0.25) is 0 Å². The van der Waals surface area contributed by atoms with Crippen molar-refractivity contribution in [3.63, 3.8) is 0 Å². The molecule has 0 aliphatic heterocycles. The average molecular weight is 540 g/mol. The fourth-order valence-electron chi connectivity index (χ4n) is 3.38. The molecule has 210 valence electrons. The van der Waals surface area contributed by atoms with Crippen molar-refractivity contribution in [1.82, 2.24) is 20.3 Å². The molecular formula is C27H37F4N5O2. The molecule has 2 rings (SSSR count). The van der Waals surface area contributed by atoms with E-state index < -0.39 is 37.3 Å². The summed E-state index contributed by atoms with van der Waals surface area (Å²) >= 11 is 0. The van der Waals surface area contributed by atoms with Crippen LogP contribution in [0.1, 0.15) is 64.4 Å². The molecule has 0 fully saturated rings. The highest BCUT2D eigenvalue weighted by atomic mass is 19.4. The standard InChI is InChI=1S/C27H37F4N5O2/c1-8-21(32-14-18(2)38-17-27(29,30)31)24(22-15-36(35-34-22)26(6,7)16-28)33-23(37)13-19-9-11-20(12-10-19)25(3,4)5/h8-12,14-15,23-24,33,37H,2,13,16-17H2,1,3-7H3. The summed E-state index contributed by atoms with van der Waals surface area (Å²) in [5.74, 6) is -0.290. The van der Waals surface area contributed by atoms with Gasteiger partial charge in [0.1, 0.15) is 24.4 Å². The summed E-state index contributed by atoms with van der Waals surface area (Å²) in [5, 5.41) is 22.1. The lowest BCUT2D eigenvalue weighted by Crippen LogP contribution is -2.35. The second-order valence-electron chi connectivity index (χ2n) is 10.6. The number of rotatable bonds is 12. The van der Waals surface area contributed by atoms with E-state index in [1.54, 1.807) is 26.8 Å². The van der Waals surface area contributed by atoms with Gasteiger partial charge in [-0.25, -0.2) is 9.07 Å². The molecule has 0 bridgehead atoms. The molecule has 0 saturated carbocycles. The number of aliphatic hydroxyl groups is 1. The number of aromatic nitrogens is 3. The highest BCUT2D eigenvalue weighted by Crippen LogP contribution is 2.26. The minimum atomic E-state index is -4.51. The SMILES string of the molecule is C=C(C=NC(=CC)C(NC(O)Cc1ccc(C(C)(C)C)cc1)c1cn(C(C)(C)CF)nn1)OCC(F)(F)F. The van der Waals surface area contributed by atoms with Crippen LogP contribution in [0.2, 0.25) is 0 Å². The Hall–Kier alpha value is -3.05. The smallest absolute Gasteiger partial charge is 0.422 e. The Morgan fingerprint density at radius 1 is 1.18 bits per heavy atom. The largest absolute Gasteiger partial charge is 0.483 e. The first-order valence-electron chi connectivity index (χ1n) is 12.2. The zero-order valence-corrected chi connectivity index (χ0v) is 22.7. The van der Waals surface area contributed by atoms with E-state index in [9.17, 15) is 22.7 Å². The van der Waals surface area contributed by atoms with Crippen LogP contribution < -0.4 is 5.32 Å². The molecular weight excluding hydrogens is 502 g/mol. The van der Waals surface area contributed by atoms with Crippen LogP contribution in [0.25, 0.3) is 0 Å². The number of hydrogen-bond donors (Lipinski definition) is 2. The number of nitrogens with one attached hydrogen (secondary N) is 1. The van der Waals surface area contributed by atoms with Gasteiger partial charge >= 0.3 is 6.18 Å². The average Bonchev–Trinajstić information content (AvgIpc) is 3.32. The molecule has 0 spiro atoms. The van der Waals surface area contributed by atoms with E-state index in [1.165, 1.54) is 10.9 Å². The minimum Gasteiger partial charge on any atom is -0.483 e. The van der Waals surface area contributed by atoms with Crippen LogP contribution in [0.5, 0.6) is 0 Å². The first-order valence-corrected chi connectivity index (χ1v) is 12.2. The number of halogens is 4. The van der Waals surface area contributed by atoms with Gasteiger partial charge in [0.05, 0.1) is 29.7 Å². The molecule has 2 N–H and O–H groups in total. The number of nitrogens with zero attached hydrogens (tertiary/aromatic N) is 4. The van der Waals surface area contributed by atoms with E-state index in [1.807, 2.05) is 24.3 Å². The molecule has 11 heteroatoms. The fraction of sp³-hybridized carbons (Fsp3) is 0.519. The number of allylic oxidation sites excluding steroid dienone is 2. The quantitative estimate of drug-likeness (QED) is 0.160. The van der Waals surface area contributed by atoms with Gasteiger partial charge in [-0.3, -0.25) is 10.3 Å². The van der Waals surface area contributed by atoms with Gasteiger partial charge in [0.15, 0.2) is 6.61 Å². The maximum absolute atomic E-state index is 13.5. The first-order chi connectivity index (χ1) is 17.6. The summed E-state index contributed by atoms with van der Waals surface area (Å²) in [6.07, 6.45) is -1.10. The molecule has 0 saturated heterocycles. The van der Waals surface area contributed by atoms with Crippen molar-refractivity contribution in [3.05, 3.63) is 71.4 Å². The molecule has 7 nitrogen and oxygen atoms in total. The van der Waals surface area contributed by atoms with Crippen molar-refractivity contribution in [3.8, 4) is 0 Å². The van der Waals surface area contributed by atoms with Gasteiger partial charge in [-0.2, -0.15) is 13.2 Å². The van der Waals surface area contributed by atoms with Crippen LogP contribution >= 0.6 is 0 Å². The van der Waals surface area contributed by atoms with Crippen LogP contribution in [0, 0.1) is 0 Å². The van der Waals surface area contributed by atoms with Gasteiger partial charge in [0.25, 0.3) is 0 Å². The normalized spacial score (nSPS) is 15.1. The summed E-state index contributed by atoms with van der Waals surface area (Å²) in [6, 6.07) is 7.09. The topological polar surface area (TPSA) is 84.6 Å². The van der Waals surface area contributed by atoms with E-state index in [0.717, 1.165) is 17.3 Å². The zero-order chi connectivity index (χ0) is 28.7. The van der Waals surface area contributed by atoms with Crippen LogP contribution in [0.4, 0.5) is 17.6 Å². The number of aliphatic imine (C=N–C) groups is 1. The number of alkyl halides is 4. The molecule has 0 aliphatic rings. The number of benzene rings is 1. The molecule has 1 aromatic carbocycles. The molecule has 1 heterocycles. The Kier molecular flexibility index (Phi) is 10.4. The van der Waals surface area contributed by atoms with E-state index in [4.69, 9.17) is 0 Å². The summed E-state index contributed by atoms with van der Waals surface area (Å²) in [5.41, 5.74) is 1.73. The predicted molar refractivity (Wildman–Crippen MR) is 139 cm³/mol. The van der Waals surface area contributed by atoms with Crippen molar-refractivity contribution in [2.75, 3.05) is 13.3 Å². The van der Waals surface area contributed by atoms with Crippen molar-refractivity contribution < 1.29 is 27.4 Å². The lowest BCUT2D eigenvalue weighted by molar-refractivity contribution is -0.163. The Balaban J connectivity index is 2.29. The molecule has 0 aliphatic carbocycles. The predicted octanol–water partition coefficient (Wildman–Crippen LogP) is 5.54. The van der Waals surface area contributed by atoms with Crippen LogP contribution in [0.3, 0.4) is 0 Å². The maximum atomic E-state index is 13.5. The van der Waals surface area contributed by atoms with E-state index in [-0.39, 0.29) is 17.6 Å². The number of ether oxygens (including phenoxy) is 1. The van der Waals surface area contributed by atoms with E-state index in [0.29, 0.717) is 11.4 Å². The van der Waals surface area contributed by atoms with Crippen LogP contribution in [-0.2, 0) is 22.1 Å². The minimum absolute atomic E-state index is 0.00759. The highest BCUT2D eigenvalue weighted by Gasteiger charge is 2.29. The molecule has 2 atom stereocenters. The second kappa shape index (κ2) is 12.7. The lowest BCUT2D eigenvalue weighted by Gasteiger charge is -2.23. The number of aliphatic hydroxyl groups excluding tert-OH is 1. The highest BCUT2D eigenvalue weighted by molar-refractivity contribution is 5.76. The number of hydrogen-bond acceptors (Lipinski definition) is 6. The summed E-state index contributed by atoms with van der Waals surface area (Å²) in [6.45, 7) is 12.6. The van der Waals surface area contributed by atoms with E-state index >= 15 is 0 Å². The third-order valence-electron chi connectivity index (χ3n) is 5.73. The van der Waals surface area contributed by atoms with Gasteiger partial charge in [-0.15, -0.1) is 5.10 Å². The van der Waals surface area contributed by atoms with Crippen molar-refractivity contribution in [2.24, 2.45) is 4.99 Å². The van der Waals surface area contributed by atoms with Crippen LogP contribution in [0.15, 0.2) is 59.6 Å². The summed E-state index contributed by atoms with van der Waals surface area (Å²) in [7, 11) is 0. The molecule has 2 unspecified atom stereocenters. The summed E-state index contributed by atoms with van der Waals surface area (Å²) in [4.78, 5) is 4.23. The van der Waals surface area contributed by atoms with Gasteiger partial charge in [-0.1, -0.05) is 62.9 Å². The van der Waals surface area contributed by atoms with Crippen molar-refractivity contribution >= 4 is 6.21 Å². The van der Waals surface area contributed by atoms with Crippen molar-refractivity contribution in [1.29, 1.82) is 0 Å². The molecule has 1 aromatic heterocycles. The first kappa shape index (κ1) is 31.2. The zero-order valence-electron chi connectivity index (χ0n) is 22.7. The lowest BCUT2D eigenvalue weighted by atomic mass is 9.86. The third kappa shape index (κ3) is 9.36.